The Balaban J connectivity index is 2.27. The van der Waals surface area contributed by atoms with Gasteiger partial charge in [-0.25, -0.2) is 13.2 Å². The highest BCUT2D eigenvalue weighted by Crippen LogP contribution is 2.19. The van der Waals surface area contributed by atoms with Gasteiger partial charge in [-0.1, -0.05) is 6.07 Å². The van der Waals surface area contributed by atoms with Crippen LogP contribution in [0.4, 0.5) is 24.5 Å². The monoisotopic (exact) mass is 223 g/mol. The van der Waals surface area contributed by atoms with Gasteiger partial charge < -0.3 is 5.32 Å². The Hall–Kier alpha value is -1.97. The molecule has 2 rings (SSSR count). The number of rotatable bonds is 2. The second kappa shape index (κ2) is 4.26. The molecule has 0 heterocycles. The van der Waals surface area contributed by atoms with Crippen LogP contribution < -0.4 is 5.32 Å². The Bertz CT molecular complexity index is 491. The molecule has 0 aliphatic rings. The van der Waals surface area contributed by atoms with Gasteiger partial charge in [-0.05, 0) is 30.3 Å². The molecule has 0 radical (unpaired) electrons. The zero-order valence-corrected chi connectivity index (χ0v) is 8.18. The summed E-state index contributed by atoms with van der Waals surface area (Å²) in [6.45, 7) is 0. The summed E-state index contributed by atoms with van der Waals surface area (Å²) in [4.78, 5) is 0. The third-order valence-electron chi connectivity index (χ3n) is 1.98. The second-order valence-electron chi connectivity index (χ2n) is 3.29. The van der Waals surface area contributed by atoms with Crippen LogP contribution in [0.25, 0.3) is 0 Å². The fourth-order valence-electron chi connectivity index (χ4n) is 1.36. The third-order valence-corrected chi connectivity index (χ3v) is 1.98. The maximum absolute atomic E-state index is 12.9. The van der Waals surface area contributed by atoms with Gasteiger partial charge in [0.25, 0.3) is 0 Å². The molecule has 0 amide bonds. The lowest BCUT2D eigenvalue weighted by Gasteiger charge is -2.06. The SMILES string of the molecule is Fc1cccc(Nc2cc(F)cc(F)c2)c1. The molecule has 0 saturated heterocycles. The van der Waals surface area contributed by atoms with E-state index < -0.39 is 17.5 Å². The van der Waals surface area contributed by atoms with Crippen LogP contribution in [0, 0.1) is 17.5 Å². The first kappa shape index (κ1) is 10.5. The third kappa shape index (κ3) is 2.53. The van der Waals surface area contributed by atoms with Crippen LogP contribution in [0.15, 0.2) is 42.5 Å². The molecule has 2 aromatic carbocycles. The van der Waals surface area contributed by atoms with Crippen LogP contribution in [0.5, 0.6) is 0 Å². The summed E-state index contributed by atoms with van der Waals surface area (Å²) in [6, 6.07) is 8.68. The largest absolute Gasteiger partial charge is 0.355 e. The van der Waals surface area contributed by atoms with Crippen molar-refractivity contribution in [3.05, 3.63) is 59.9 Å². The van der Waals surface area contributed by atoms with Gasteiger partial charge in [0.15, 0.2) is 0 Å². The van der Waals surface area contributed by atoms with Gasteiger partial charge in [-0.15, -0.1) is 0 Å². The zero-order chi connectivity index (χ0) is 11.5. The number of anilines is 2. The quantitative estimate of drug-likeness (QED) is 0.815. The van der Waals surface area contributed by atoms with Crippen molar-refractivity contribution in [3.63, 3.8) is 0 Å². The van der Waals surface area contributed by atoms with Gasteiger partial charge in [0.1, 0.15) is 17.5 Å². The molecule has 0 aliphatic heterocycles. The highest BCUT2D eigenvalue weighted by atomic mass is 19.1. The summed E-state index contributed by atoms with van der Waals surface area (Å²) >= 11 is 0. The lowest BCUT2D eigenvalue weighted by atomic mass is 10.2. The second-order valence-corrected chi connectivity index (χ2v) is 3.29. The average molecular weight is 223 g/mol. The van der Waals surface area contributed by atoms with Gasteiger partial charge >= 0.3 is 0 Å². The summed E-state index contributed by atoms with van der Waals surface area (Å²) in [5.41, 5.74) is 0.674. The smallest absolute Gasteiger partial charge is 0.128 e. The van der Waals surface area contributed by atoms with Crippen LogP contribution in [0.3, 0.4) is 0 Å². The van der Waals surface area contributed by atoms with Crippen LogP contribution in [0.2, 0.25) is 0 Å². The Morgan fingerprint density at radius 1 is 0.688 bits per heavy atom. The standard InChI is InChI=1S/C12H8F3N/c13-8-2-1-3-11(5-8)16-12-6-9(14)4-10(15)7-12/h1-7,16H. The van der Waals surface area contributed by atoms with E-state index in [1.165, 1.54) is 18.2 Å². The number of nitrogens with one attached hydrogen (secondary N) is 1. The van der Waals surface area contributed by atoms with E-state index >= 15 is 0 Å². The van der Waals surface area contributed by atoms with E-state index in [4.69, 9.17) is 0 Å². The molecule has 0 aliphatic carbocycles. The predicted octanol–water partition coefficient (Wildman–Crippen LogP) is 3.85. The van der Waals surface area contributed by atoms with Crippen molar-refractivity contribution in [1.82, 2.24) is 0 Å². The van der Waals surface area contributed by atoms with Crippen LogP contribution in [0.1, 0.15) is 0 Å². The van der Waals surface area contributed by atoms with E-state index in [1.54, 1.807) is 6.07 Å². The Kier molecular flexibility index (Phi) is 2.81. The van der Waals surface area contributed by atoms with E-state index in [0.29, 0.717) is 5.69 Å². The number of benzene rings is 2. The first-order chi connectivity index (χ1) is 7.63. The normalized spacial score (nSPS) is 10.2. The molecule has 1 nitrogen and oxygen atoms in total. The molecule has 0 aromatic heterocycles. The molecule has 0 atom stereocenters. The van der Waals surface area contributed by atoms with Gasteiger partial charge in [0.2, 0.25) is 0 Å². The Labute approximate surface area is 90.5 Å². The summed E-state index contributed by atoms with van der Waals surface area (Å²) in [6.07, 6.45) is 0. The summed E-state index contributed by atoms with van der Waals surface area (Å²) in [7, 11) is 0. The molecule has 16 heavy (non-hydrogen) atoms. The van der Waals surface area contributed by atoms with Crippen molar-refractivity contribution in [2.24, 2.45) is 0 Å². The van der Waals surface area contributed by atoms with Crippen molar-refractivity contribution in [2.45, 2.75) is 0 Å². The average Bonchev–Trinajstić information content (AvgIpc) is 2.15. The molecular formula is C12H8F3N. The first-order valence-electron chi connectivity index (χ1n) is 4.62. The van der Waals surface area contributed by atoms with Crippen LogP contribution in [-0.4, -0.2) is 0 Å². The fourth-order valence-corrected chi connectivity index (χ4v) is 1.36. The van der Waals surface area contributed by atoms with Crippen LogP contribution >= 0.6 is 0 Å². The molecule has 0 spiro atoms. The highest BCUT2D eigenvalue weighted by molar-refractivity contribution is 5.59. The van der Waals surface area contributed by atoms with Gasteiger partial charge in [0, 0.05) is 17.4 Å². The van der Waals surface area contributed by atoms with Crippen molar-refractivity contribution < 1.29 is 13.2 Å². The minimum absolute atomic E-state index is 0.239. The van der Waals surface area contributed by atoms with Gasteiger partial charge in [-0.2, -0.15) is 0 Å². The van der Waals surface area contributed by atoms with E-state index in [1.807, 2.05) is 0 Å². The Morgan fingerprint density at radius 3 is 1.94 bits per heavy atom. The molecule has 0 bridgehead atoms. The molecule has 0 unspecified atom stereocenters. The maximum atomic E-state index is 12.9. The predicted molar refractivity (Wildman–Crippen MR) is 56.0 cm³/mol. The van der Waals surface area contributed by atoms with Crippen molar-refractivity contribution in [1.29, 1.82) is 0 Å². The van der Waals surface area contributed by atoms with Crippen molar-refractivity contribution in [3.8, 4) is 0 Å². The van der Waals surface area contributed by atoms with Gasteiger partial charge in [-0.3, -0.25) is 0 Å². The van der Waals surface area contributed by atoms with E-state index in [9.17, 15) is 13.2 Å². The highest BCUT2D eigenvalue weighted by Gasteiger charge is 2.01. The molecular weight excluding hydrogens is 215 g/mol. The summed E-state index contributed by atoms with van der Waals surface area (Å²) in [5, 5.41) is 2.71. The molecule has 2 aromatic rings. The summed E-state index contributed by atoms with van der Waals surface area (Å²) in [5.74, 6) is -1.78. The Morgan fingerprint density at radius 2 is 1.31 bits per heavy atom. The first-order valence-corrected chi connectivity index (χ1v) is 4.62. The molecule has 82 valence electrons. The number of hydrogen-bond donors (Lipinski definition) is 1. The topological polar surface area (TPSA) is 12.0 Å². The number of halogens is 3. The molecule has 4 heteroatoms. The maximum Gasteiger partial charge on any atom is 0.128 e. The van der Waals surface area contributed by atoms with Crippen molar-refractivity contribution in [2.75, 3.05) is 5.32 Å². The van der Waals surface area contributed by atoms with E-state index in [2.05, 4.69) is 5.32 Å². The lowest BCUT2D eigenvalue weighted by molar-refractivity contribution is 0.584. The molecule has 0 saturated carbocycles. The van der Waals surface area contributed by atoms with Crippen molar-refractivity contribution >= 4 is 11.4 Å². The molecule has 0 fully saturated rings. The van der Waals surface area contributed by atoms with Gasteiger partial charge in [0.05, 0.1) is 0 Å². The minimum Gasteiger partial charge on any atom is -0.355 e. The molecule has 1 N–H and O–H groups in total. The minimum atomic E-state index is -0.682. The summed E-state index contributed by atoms with van der Waals surface area (Å²) < 4.78 is 38.6. The zero-order valence-electron chi connectivity index (χ0n) is 8.18. The van der Waals surface area contributed by atoms with E-state index in [-0.39, 0.29) is 5.69 Å². The number of hydrogen-bond acceptors (Lipinski definition) is 1. The van der Waals surface area contributed by atoms with Crippen LogP contribution in [-0.2, 0) is 0 Å². The lowest BCUT2D eigenvalue weighted by Crippen LogP contribution is -1.92. The fraction of sp³-hybridized carbons (Fsp3) is 0. The van der Waals surface area contributed by atoms with E-state index in [0.717, 1.165) is 18.2 Å².